The van der Waals surface area contributed by atoms with Crippen molar-refractivity contribution in [3.8, 4) is 0 Å². The smallest absolute Gasteiger partial charge is 0.855 e. The molecule has 1 aliphatic rings. The molecule has 2 aromatic carbocycles. The fourth-order valence-corrected chi connectivity index (χ4v) is 4.02. The van der Waals surface area contributed by atoms with Crippen LogP contribution < -0.4 is 0 Å². The number of nitrogens with zero attached hydrogens (tertiary/aromatic N) is 3. The molecule has 0 bridgehead atoms. The van der Waals surface area contributed by atoms with Crippen molar-refractivity contribution in [3.63, 3.8) is 0 Å². The molecule has 40 heavy (non-hydrogen) atoms. The Morgan fingerprint density at radius 3 is 2.80 bits per heavy atom. The number of allylic oxidation sites excluding steroid dienone is 3. The molecule has 0 radical (unpaired) electrons. The predicted molar refractivity (Wildman–Crippen MR) is 162 cm³/mol. The van der Waals surface area contributed by atoms with E-state index in [1.54, 1.807) is 18.2 Å². The molecular formula is C35H34IrN3O. The molecule has 0 N–H and O–H groups in total. The Morgan fingerprint density at radius 2 is 2.05 bits per heavy atom. The molecule has 0 atom stereocenters. The van der Waals surface area contributed by atoms with E-state index < -0.39 is 43.0 Å². The number of aryl methyl sites for hydroxylation is 1. The zero-order valence-corrected chi connectivity index (χ0v) is 24.1. The van der Waals surface area contributed by atoms with Crippen molar-refractivity contribution in [1.29, 1.82) is 0 Å². The number of pyridine rings is 2. The molecule has 4 nitrogen and oxygen atoms in total. The Labute approximate surface area is 266 Å². The third kappa shape index (κ3) is 8.94. The number of aromatic nitrogens is 2. The van der Waals surface area contributed by atoms with Gasteiger partial charge >= 0.3 is 20.1 Å². The minimum atomic E-state index is -2.55. The minimum Gasteiger partial charge on any atom is -0.855 e. The van der Waals surface area contributed by atoms with Crippen molar-refractivity contribution in [1.82, 2.24) is 9.97 Å². The molecule has 3 aromatic heterocycles. The first-order valence-electron chi connectivity index (χ1n) is 18.0. The normalized spacial score (nSPS) is 18.9. The molecule has 1 saturated carbocycles. The summed E-state index contributed by atoms with van der Waals surface area (Å²) in [4.78, 5) is 8.18. The second kappa shape index (κ2) is 15.8. The third-order valence-corrected chi connectivity index (χ3v) is 5.85. The molecule has 5 heteroatoms. The van der Waals surface area contributed by atoms with E-state index in [1.165, 1.54) is 12.5 Å². The summed E-state index contributed by atoms with van der Waals surface area (Å²) in [5.41, 5.74) is 1.40. The molecule has 0 saturated heterocycles. The zero-order valence-electron chi connectivity index (χ0n) is 32.7. The van der Waals surface area contributed by atoms with Gasteiger partial charge in [-0.3, -0.25) is 4.98 Å². The topological polar surface area (TPSA) is 61.2 Å². The third-order valence-electron chi connectivity index (χ3n) is 5.85. The SMILES string of the molecule is [2H]/C(C(=C)C([2H])([2H])[2H])=C(\[2H])C(=[N-])c1[c-]cccc1.[2H]C1(c2ccc3c(n2)oc2c[c-]ccc23)CCCCC1.[2H]c1cncc(C([2H])([2H])[2H])c1[2H].[Ir+3]. The van der Waals surface area contributed by atoms with Crippen molar-refractivity contribution in [2.45, 2.75) is 51.7 Å². The molecule has 0 spiro atoms. The van der Waals surface area contributed by atoms with Crippen molar-refractivity contribution in [2.24, 2.45) is 0 Å². The van der Waals surface area contributed by atoms with E-state index >= 15 is 0 Å². The van der Waals surface area contributed by atoms with Crippen LogP contribution in [-0.2, 0) is 20.1 Å². The van der Waals surface area contributed by atoms with Gasteiger partial charge in [-0.2, -0.15) is 23.8 Å². The van der Waals surface area contributed by atoms with Crippen LogP contribution in [-0.4, -0.2) is 15.7 Å². The van der Waals surface area contributed by atoms with Gasteiger partial charge in [0.1, 0.15) is 0 Å². The maximum Gasteiger partial charge on any atom is 3.00 e. The minimum absolute atomic E-state index is 0. The van der Waals surface area contributed by atoms with Crippen LogP contribution in [0, 0.1) is 19.0 Å². The summed E-state index contributed by atoms with van der Waals surface area (Å²) in [5.74, 6) is -0.530. The number of hydrogen-bond acceptors (Lipinski definition) is 3. The van der Waals surface area contributed by atoms with Crippen molar-refractivity contribution >= 4 is 27.8 Å². The molecule has 0 amide bonds. The first-order chi connectivity index (χ1) is 23.4. The largest absolute Gasteiger partial charge is 3.00 e. The van der Waals surface area contributed by atoms with Crippen LogP contribution in [0.3, 0.4) is 0 Å². The van der Waals surface area contributed by atoms with Gasteiger partial charge in [0, 0.05) is 45.9 Å². The van der Waals surface area contributed by atoms with Crippen LogP contribution in [0.2, 0.25) is 0 Å². The summed E-state index contributed by atoms with van der Waals surface area (Å²) in [7, 11) is 0. The second-order valence-electron chi connectivity index (χ2n) is 8.68. The van der Waals surface area contributed by atoms with Crippen LogP contribution in [0.15, 0.2) is 108 Å². The van der Waals surface area contributed by atoms with Gasteiger partial charge in [-0.05, 0) is 50.3 Å². The average molecular weight is 716 g/mol. The van der Waals surface area contributed by atoms with E-state index in [0.29, 0.717) is 5.71 Å². The van der Waals surface area contributed by atoms with E-state index in [-0.39, 0.29) is 43.3 Å². The van der Waals surface area contributed by atoms with E-state index in [9.17, 15) is 5.41 Å². The van der Waals surface area contributed by atoms with Crippen molar-refractivity contribution in [2.75, 3.05) is 0 Å². The van der Waals surface area contributed by atoms with Gasteiger partial charge in [0.2, 0.25) is 5.71 Å². The summed E-state index contributed by atoms with van der Waals surface area (Å²) >= 11 is 0. The van der Waals surface area contributed by atoms with Crippen LogP contribution in [0.1, 0.15) is 76.7 Å². The van der Waals surface area contributed by atoms with Gasteiger partial charge in [-0.25, -0.2) is 10.7 Å². The summed E-state index contributed by atoms with van der Waals surface area (Å²) in [5, 5.41) is 11.9. The summed E-state index contributed by atoms with van der Waals surface area (Å²) in [6, 6.07) is 20.2. The number of furan rings is 1. The van der Waals surface area contributed by atoms with E-state index in [4.69, 9.17) is 19.5 Å². The molecule has 5 aromatic rings. The Kier molecular flexibility index (Phi) is 7.37. The fraction of sp³-hybridized carbons (Fsp3) is 0.229. The Morgan fingerprint density at radius 1 is 1.18 bits per heavy atom. The Hall–Kier alpha value is -3.66. The fourth-order valence-electron chi connectivity index (χ4n) is 4.02. The van der Waals surface area contributed by atoms with Crippen molar-refractivity contribution in [3.05, 3.63) is 138 Å². The second-order valence-corrected chi connectivity index (χ2v) is 8.68. The van der Waals surface area contributed by atoms with Gasteiger partial charge in [0.05, 0.1) is 4.11 Å². The molecule has 0 aliphatic heterocycles. The number of hydrogen-bond donors (Lipinski definition) is 0. The van der Waals surface area contributed by atoms with Crippen LogP contribution >= 0.6 is 0 Å². The van der Waals surface area contributed by atoms with Crippen LogP contribution in [0.5, 0.6) is 0 Å². The summed E-state index contributed by atoms with van der Waals surface area (Å²) < 4.78 is 86.3. The van der Waals surface area contributed by atoms with Gasteiger partial charge in [-0.15, -0.1) is 42.5 Å². The molecule has 3 heterocycles. The summed E-state index contributed by atoms with van der Waals surface area (Å²) in [6.07, 6.45) is 7.55. The maximum absolute atomic E-state index is 9.77. The van der Waals surface area contributed by atoms with Gasteiger partial charge in [0.15, 0.2) is 0 Å². The average Bonchev–Trinajstić information content (AvgIpc) is 3.46. The number of fused-ring (bicyclic) bond motifs is 3. The van der Waals surface area contributed by atoms with E-state index in [0.717, 1.165) is 60.1 Å². The van der Waals surface area contributed by atoms with E-state index in [1.807, 2.05) is 30.3 Å². The first kappa shape index (κ1) is 18.6. The number of rotatable bonds is 4. The predicted octanol–water partition coefficient (Wildman–Crippen LogP) is 9.19. The maximum atomic E-state index is 9.77. The Balaban J connectivity index is 0.000000211. The van der Waals surface area contributed by atoms with E-state index in [2.05, 4.69) is 28.7 Å². The van der Waals surface area contributed by atoms with Crippen LogP contribution in [0.4, 0.5) is 0 Å². The van der Waals surface area contributed by atoms with Gasteiger partial charge in [0.25, 0.3) is 0 Å². The molecule has 6 rings (SSSR count). The van der Waals surface area contributed by atoms with Crippen molar-refractivity contribution < 1.29 is 39.6 Å². The Bertz CT molecular complexity index is 2020. The van der Waals surface area contributed by atoms with Gasteiger partial charge < -0.3 is 9.83 Å². The molecule has 0 unspecified atom stereocenters. The zero-order chi connectivity index (χ0) is 36.9. The monoisotopic (exact) mass is 716 g/mol. The molecular weight excluding hydrogens is 671 g/mol. The quantitative estimate of drug-likeness (QED) is 0.106. The summed E-state index contributed by atoms with van der Waals surface area (Å²) in [6.45, 7) is -1.64. The van der Waals surface area contributed by atoms with Crippen LogP contribution in [0.25, 0.3) is 27.5 Å². The number of benzene rings is 2. The van der Waals surface area contributed by atoms with Gasteiger partial charge in [-0.1, -0.05) is 48.9 Å². The first-order valence-corrected chi connectivity index (χ1v) is 12.5. The molecule has 1 fully saturated rings. The standard InChI is InChI=1S/C17H16NO.C12H11N.C6H7N.Ir/c1-2-6-12(7-3-1)15-11-10-14-13-8-4-5-9-16(13)19-17(14)18-15;1-10(2)8-9-12(13)11-6-4-3-5-7-11;1-6-3-2-4-7-5-6;/h4,8-12H,1-3,6-7H2;3-6,8-9H,1H2,2H3;2-5H,1H3;/q-1;-2;;+3/b;9-8-;;/i12D;2D3,8D,9D;1D3,2D,3D;. The molecule has 1 aliphatic carbocycles. The molecule has 204 valence electrons.